The Kier molecular flexibility index (Phi) is 2.28. The van der Waals surface area contributed by atoms with Crippen molar-refractivity contribution in [1.82, 2.24) is 9.38 Å². The standard InChI is InChI=1S/C12H14ClN3/c13-12-11(8-4-1-2-5-8)15-10-7-3-6-9(14)16(10)12/h3,6-8H,1-2,4-5,14H2. The Bertz CT molecular complexity index is 526. The van der Waals surface area contributed by atoms with Gasteiger partial charge in [0.2, 0.25) is 0 Å². The lowest BCUT2D eigenvalue weighted by Gasteiger charge is -2.05. The second-order valence-electron chi connectivity index (χ2n) is 4.41. The Morgan fingerprint density at radius 1 is 1.31 bits per heavy atom. The average molecular weight is 236 g/mol. The molecule has 0 saturated heterocycles. The van der Waals surface area contributed by atoms with Crippen LogP contribution in [0, 0.1) is 0 Å². The number of nitrogens with two attached hydrogens (primary N) is 1. The molecule has 0 atom stereocenters. The molecule has 2 aromatic heterocycles. The predicted octanol–water partition coefficient (Wildman–Crippen LogP) is 3.23. The van der Waals surface area contributed by atoms with E-state index >= 15 is 0 Å². The van der Waals surface area contributed by atoms with Crippen molar-refractivity contribution in [2.45, 2.75) is 31.6 Å². The first-order chi connectivity index (χ1) is 7.77. The Hall–Kier alpha value is -1.22. The van der Waals surface area contributed by atoms with Crippen molar-refractivity contribution in [3.05, 3.63) is 29.0 Å². The van der Waals surface area contributed by atoms with Gasteiger partial charge in [0.15, 0.2) is 0 Å². The molecule has 2 N–H and O–H groups in total. The van der Waals surface area contributed by atoms with Crippen molar-refractivity contribution < 1.29 is 0 Å². The molecule has 3 rings (SSSR count). The number of aromatic nitrogens is 2. The molecule has 0 bridgehead atoms. The first-order valence-electron chi connectivity index (χ1n) is 5.69. The van der Waals surface area contributed by atoms with Gasteiger partial charge in [0, 0.05) is 5.92 Å². The highest BCUT2D eigenvalue weighted by molar-refractivity contribution is 6.30. The van der Waals surface area contributed by atoms with E-state index in [1.54, 1.807) is 0 Å². The molecule has 16 heavy (non-hydrogen) atoms. The highest BCUT2D eigenvalue weighted by Crippen LogP contribution is 2.37. The summed E-state index contributed by atoms with van der Waals surface area (Å²) in [6.45, 7) is 0. The molecule has 0 aromatic carbocycles. The number of pyridine rings is 1. The Morgan fingerprint density at radius 3 is 2.75 bits per heavy atom. The van der Waals surface area contributed by atoms with Gasteiger partial charge in [-0.05, 0) is 25.0 Å². The van der Waals surface area contributed by atoms with Crippen LogP contribution in [-0.2, 0) is 0 Å². The number of rotatable bonds is 1. The van der Waals surface area contributed by atoms with E-state index in [1.807, 2.05) is 22.6 Å². The molecule has 1 aliphatic rings. The molecule has 4 heteroatoms. The Labute approximate surface area is 99.2 Å². The molecule has 2 heterocycles. The summed E-state index contributed by atoms with van der Waals surface area (Å²) in [5.41, 5.74) is 7.79. The number of halogens is 1. The van der Waals surface area contributed by atoms with Crippen LogP contribution in [0.25, 0.3) is 5.65 Å². The van der Waals surface area contributed by atoms with Gasteiger partial charge in [-0.2, -0.15) is 0 Å². The normalized spacial score (nSPS) is 17.3. The van der Waals surface area contributed by atoms with Gasteiger partial charge in [-0.1, -0.05) is 30.5 Å². The molecular weight excluding hydrogens is 222 g/mol. The molecule has 1 fully saturated rings. The molecule has 1 aliphatic carbocycles. The fourth-order valence-corrected chi connectivity index (χ4v) is 2.94. The van der Waals surface area contributed by atoms with E-state index in [4.69, 9.17) is 17.3 Å². The van der Waals surface area contributed by atoms with Crippen LogP contribution in [0.3, 0.4) is 0 Å². The topological polar surface area (TPSA) is 43.3 Å². The average Bonchev–Trinajstić information content (AvgIpc) is 2.86. The fraction of sp³-hybridized carbons (Fsp3) is 0.417. The zero-order valence-electron chi connectivity index (χ0n) is 8.99. The summed E-state index contributed by atoms with van der Waals surface area (Å²) in [4.78, 5) is 4.61. The van der Waals surface area contributed by atoms with E-state index < -0.39 is 0 Å². The van der Waals surface area contributed by atoms with Crippen LogP contribution in [0.4, 0.5) is 5.82 Å². The van der Waals surface area contributed by atoms with Gasteiger partial charge < -0.3 is 5.73 Å². The van der Waals surface area contributed by atoms with Crippen LogP contribution in [0.1, 0.15) is 37.3 Å². The summed E-state index contributed by atoms with van der Waals surface area (Å²) < 4.78 is 1.83. The number of nitrogens with zero attached hydrogens (tertiary/aromatic N) is 2. The highest BCUT2D eigenvalue weighted by atomic mass is 35.5. The summed E-state index contributed by atoms with van der Waals surface area (Å²) in [5.74, 6) is 1.17. The molecule has 1 saturated carbocycles. The van der Waals surface area contributed by atoms with E-state index in [0.29, 0.717) is 16.9 Å². The molecular formula is C12H14ClN3. The fourth-order valence-electron chi connectivity index (χ4n) is 2.56. The number of fused-ring (bicyclic) bond motifs is 1. The maximum Gasteiger partial charge on any atom is 0.139 e. The zero-order chi connectivity index (χ0) is 11.1. The van der Waals surface area contributed by atoms with Crippen molar-refractivity contribution in [2.24, 2.45) is 0 Å². The quantitative estimate of drug-likeness (QED) is 0.825. The molecule has 0 aliphatic heterocycles. The lowest BCUT2D eigenvalue weighted by atomic mass is 10.1. The molecule has 0 amide bonds. The molecule has 84 valence electrons. The van der Waals surface area contributed by atoms with Gasteiger partial charge in [-0.25, -0.2) is 4.98 Å². The Morgan fingerprint density at radius 2 is 2.06 bits per heavy atom. The lowest BCUT2D eigenvalue weighted by molar-refractivity contribution is 0.703. The minimum absolute atomic E-state index is 0.520. The van der Waals surface area contributed by atoms with Crippen LogP contribution in [-0.4, -0.2) is 9.38 Å². The molecule has 0 radical (unpaired) electrons. The van der Waals surface area contributed by atoms with Crippen molar-refractivity contribution in [2.75, 3.05) is 5.73 Å². The van der Waals surface area contributed by atoms with Crippen LogP contribution >= 0.6 is 11.6 Å². The van der Waals surface area contributed by atoms with E-state index in [2.05, 4.69) is 4.98 Å². The first-order valence-corrected chi connectivity index (χ1v) is 6.07. The molecule has 2 aromatic rings. The van der Waals surface area contributed by atoms with E-state index in [9.17, 15) is 0 Å². The molecule has 3 nitrogen and oxygen atoms in total. The number of imidazole rings is 1. The van der Waals surface area contributed by atoms with Crippen molar-refractivity contribution >= 4 is 23.1 Å². The predicted molar refractivity (Wildman–Crippen MR) is 65.8 cm³/mol. The second kappa shape index (κ2) is 3.67. The van der Waals surface area contributed by atoms with Crippen molar-refractivity contribution in [3.8, 4) is 0 Å². The highest BCUT2D eigenvalue weighted by Gasteiger charge is 2.23. The van der Waals surface area contributed by atoms with Crippen LogP contribution < -0.4 is 5.73 Å². The number of hydrogen-bond donors (Lipinski definition) is 1. The van der Waals surface area contributed by atoms with Gasteiger partial charge >= 0.3 is 0 Å². The first kappa shape index (κ1) is 9.97. The Balaban J connectivity index is 2.19. The van der Waals surface area contributed by atoms with Crippen LogP contribution in [0.2, 0.25) is 5.15 Å². The third kappa shape index (κ3) is 1.39. The van der Waals surface area contributed by atoms with Gasteiger partial charge in [-0.3, -0.25) is 4.40 Å². The largest absolute Gasteiger partial charge is 0.385 e. The number of hydrogen-bond acceptors (Lipinski definition) is 2. The van der Waals surface area contributed by atoms with E-state index in [1.165, 1.54) is 25.7 Å². The summed E-state index contributed by atoms with van der Waals surface area (Å²) in [5, 5.41) is 0.694. The maximum atomic E-state index is 6.36. The van der Waals surface area contributed by atoms with Crippen LogP contribution in [0.15, 0.2) is 18.2 Å². The van der Waals surface area contributed by atoms with Crippen molar-refractivity contribution in [1.29, 1.82) is 0 Å². The summed E-state index contributed by atoms with van der Waals surface area (Å²) in [6, 6.07) is 5.70. The van der Waals surface area contributed by atoms with Gasteiger partial charge in [0.1, 0.15) is 16.6 Å². The van der Waals surface area contributed by atoms with Gasteiger partial charge in [0.25, 0.3) is 0 Å². The van der Waals surface area contributed by atoms with Crippen LogP contribution in [0.5, 0.6) is 0 Å². The monoisotopic (exact) mass is 235 g/mol. The molecule has 0 spiro atoms. The van der Waals surface area contributed by atoms with Gasteiger partial charge in [-0.15, -0.1) is 0 Å². The number of nitrogen functional groups attached to an aromatic ring is 1. The summed E-state index contributed by atoms with van der Waals surface area (Å²) >= 11 is 6.36. The minimum Gasteiger partial charge on any atom is -0.385 e. The lowest BCUT2D eigenvalue weighted by Crippen LogP contribution is -1.96. The molecule has 0 unspecified atom stereocenters. The third-order valence-corrected chi connectivity index (χ3v) is 3.75. The number of anilines is 1. The summed E-state index contributed by atoms with van der Waals surface area (Å²) in [7, 11) is 0. The van der Waals surface area contributed by atoms with E-state index in [0.717, 1.165) is 11.3 Å². The third-order valence-electron chi connectivity index (χ3n) is 3.38. The zero-order valence-corrected chi connectivity index (χ0v) is 9.74. The minimum atomic E-state index is 0.520. The maximum absolute atomic E-state index is 6.36. The second-order valence-corrected chi connectivity index (χ2v) is 4.77. The summed E-state index contributed by atoms with van der Waals surface area (Å²) in [6.07, 6.45) is 4.96. The van der Waals surface area contributed by atoms with Crippen molar-refractivity contribution in [3.63, 3.8) is 0 Å². The van der Waals surface area contributed by atoms with Gasteiger partial charge in [0.05, 0.1) is 5.69 Å². The van der Waals surface area contributed by atoms with E-state index in [-0.39, 0.29) is 0 Å². The SMILES string of the molecule is Nc1cccc2nc(C3CCCC3)c(Cl)n12. The smallest absolute Gasteiger partial charge is 0.139 e.